The lowest BCUT2D eigenvalue weighted by Crippen LogP contribution is -2.34. The van der Waals surface area contributed by atoms with Crippen molar-refractivity contribution in [2.45, 2.75) is 38.0 Å². The second kappa shape index (κ2) is 9.88. The molecular formula is C20H28NO3P. The highest BCUT2D eigenvalue weighted by Gasteiger charge is 2.35. The lowest BCUT2D eigenvalue weighted by molar-refractivity contribution is 0.253. The van der Waals surface area contributed by atoms with E-state index in [1.54, 1.807) is 0 Å². The number of nitrogens with one attached hydrogen (secondary N) is 1. The summed E-state index contributed by atoms with van der Waals surface area (Å²) in [5.41, 5.74) is 2.24. The molecule has 0 spiro atoms. The van der Waals surface area contributed by atoms with E-state index in [0.29, 0.717) is 0 Å². The molecule has 0 aliphatic rings. The molecule has 0 saturated carbocycles. The van der Waals surface area contributed by atoms with E-state index in [1.165, 1.54) is 14.2 Å². The van der Waals surface area contributed by atoms with Crippen LogP contribution < -0.4 is 5.32 Å². The number of unbranched alkanes of at least 4 members (excludes halogenated alkanes) is 1. The van der Waals surface area contributed by atoms with Crippen LogP contribution in [0.3, 0.4) is 0 Å². The van der Waals surface area contributed by atoms with Gasteiger partial charge in [-0.15, -0.1) is 0 Å². The molecule has 2 aromatic carbocycles. The summed E-state index contributed by atoms with van der Waals surface area (Å²) in [6.07, 6.45) is 2.70. The molecule has 0 amide bonds. The highest BCUT2D eigenvalue weighted by Crippen LogP contribution is 2.53. The number of hydrogen-bond acceptors (Lipinski definition) is 4. The lowest BCUT2D eigenvalue weighted by atomic mass is 9.98. The fourth-order valence-electron chi connectivity index (χ4n) is 2.93. The van der Waals surface area contributed by atoms with Gasteiger partial charge in [0.15, 0.2) is 0 Å². The number of rotatable bonds is 10. The first-order chi connectivity index (χ1) is 12.1. The fraction of sp³-hybridized carbons (Fsp3) is 0.400. The third-order valence-electron chi connectivity index (χ3n) is 4.35. The van der Waals surface area contributed by atoms with Crippen molar-refractivity contribution in [3.63, 3.8) is 0 Å². The molecule has 0 heterocycles. The zero-order valence-electron chi connectivity index (χ0n) is 15.2. The molecule has 0 aliphatic heterocycles. The standard InChI is InChI=1S/C20H28NO3P/c1-4-5-16-19(25(22,23-2)24-3)21-20(17-12-8-6-9-13-17)18-14-10-7-11-15-18/h6-15,19-21H,4-5,16H2,1-3H3/t19-/m0/s1. The van der Waals surface area contributed by atoms with E-state index in [0.717, 1.165) is 30.4 Å². The third-order valence-corrected chi connectivity index (χ3v) is 6.54. The first kappa shape index (κ1) is 19.9. The van der Waals surface area contributed by atoms with E-state index < -0.39 is 7.60 Å². The highest BCUT2D eigenvalue weighted by molar-refractivity contribution is 7.54. The Hall–Kier alpha value is -1.45. The zero-order chi connectivity index (χ0) is 18.1. The van der Waals surface area contributed by atoms with Crippen LogP contribution >= 0.6 is 7.60 Å². The van der Waals surface area contributed by atoms with Crippen molar-refractivity contribution in [3.05, 3.63) is 71.8 Å². The summed E-state index contributed by atoms with van der Waals surface area (Å²) in [6, 6.07) is 20.3. The monoisotopic (exact) mass is 361 g/mol. The van der Waals surface area contributed by atoms with Crippen LogP contribution in [0.15, 0.2) is 60.7 Å². The molecule has 4 nitrogen and oxygen atoms in total. The molecule has 0 aliphatic carbocycles. The lowest BCUT2D eigenvalue weighted by Gasteiger charge is -2.30. The molecule has 0 fully saturated rings. The van der Waals surface area contributed by atoms with Gasteiger partial charge in [0.1, 0.15) is 5.78 Å². The second-order valence-electron chi connectivity index (χ2n) is 5.98. The average Bonchev–Trinajstić information content (AvgIpc) is 2.69. The van der Waals surface area contributed by atoms with E-state index in [1.807, 2.05) is 36.4 Å². The largest absolute Gasteiger partial charge is 0.346 e. The molecule has 2 rings (SSSR count). The van der Waals surface area contributed by atoms with Crippen molar-refractivity contribution in [2.75, 3.05) is 14.2 Å². The molecule has 25 heavy (non-hydrogen) atoms. The van der Waals surface area contributed by atoms with Crippen molar-refractivity contribution in [1.82, 2.24) is 5.32 Å². The van der Waals surface area contributed by atoms with Gasteiger partial charge in [-0.25, -0.2) is 0 Å². The molecule has 0 unspecified atom stereocenters. The third kappa shape index (κ3) is 5.26. The smallest absolute Gasteiger partial charge is 0.311 e. The van der Waals surface area contributed by atoms with Crippen LogP contribution in [0.5, 0.6) is 0 Å². The molecule has 1 atom stereocenters. The quantitative estimate of drug-likeness (QED) is 0.578. The van der Waals surface area contributed by atoms with Crippen LogP contribution in [0, 0.1) is 0 Å². The minimum Gasteiger partial charge on any atom is -0.311 e. The van der Waals surface area contributed by atoms with Gasteiger partial charge in [-0.3, -0.25) is 9.88 Å². The van der Waals surface area contributed by atoms with Gasteiger partial charge < -0.3 is 9.05 Å². The Morgan fingerprint density at radius 1 is 0.920 bits per heavy atom. The molecule has 0 bridgehead atoms. The summed E-state index contributed by atoms with van der Waals surface area (Å²) < 4.78 is 23.6. The van der Waals surface area contributed by atoms with Crippen LogP contribution in [0.1, 0.15) is 43.4 Å². The van der Waals surface area contributed by atoms with Gasteiger partial charge >= 0.3 is 7.60 Å². The maximum absolute atomic E-state index is 13.0. The van der Waals surface area contributed by atoms with Gasteiger partial charge in [0.05, 0.1) is 6.04 Å². The van der Waals surface area contributed by atoms with E-state index in [4.69, 9.17) is 9.05 Å². The van der Waals surface area contributed by atoms with Crippen molar-refractivity contribution < 1.29 is 13.6 Å². The van der Waals surface area contributed by atoms with Gasteiger partial charge in [0, 0.05) is 14.2 Å². The molecule has 2 aromatic rings. The summed E-state index contributed by atoms with van der Waals surface area (Å²) in [4.78, 5) is 0. The SMILES string of the molecule is CCCC[C@@H](NC(c1ccccc1)c1ccccc1)P(=O)(OC)OC. The van der Waals surface area contributed by atoms with Crippen LogP contribution in [0.25, 0.3) is 0 Å². The molecule has 0 saturated heterocycles. The number of benzene rings is 2. The summed E-state index contributed by atoms with van der Waals surface area (Å²) in [7, 11) is -0.328. The van der Waals surface area contributed by atoms with Crippen LogP contribution in [0.4, 0.5) is 0 Å². The predicted octanol–water partition coefficient (Wildman–Crippen LogP) is 5.37. The first-order valence-electron chi connectivity index (χ1n) is 8.71. The summed E-state index contributed by atoms with van der Waals surface area (Å²) in [5.74, 6) is -0.368. The molecule has 0 radical (unpaired) electrons. The van der Waals surface area contributed by atoms with E-state index in [-0.39, 0.29) is 11.8 Å². The first-order valence-corrected chi connectivity index (χ1v) is 10.3. The van der Waals surface area contributed by atoms with E-state index in [9.17, 15) is 4.57 Å². The molecule has 0 aromatic heterocycles. The van der Waals surface area contributed by atoms with Gasteiger partial charge in [0.25, 0.3) is 0 Å². The van der Waals surface area contributed by atoms with Gasteiger partial charge in [-0.1, -0.05) is 80.4 Å². The summed E-state index contributed by atoms with van der Waals surface area (Å²) >= 11 is 0. The second-order valence-corrected chi connectivity index (χ2v) is 8.42. The summed E-state index contributed by atoms with van der Waals surface area (Å²) in [6.45, 7) is 2.12. The molecule has 5 heteroatoms. The van der Waals surface area contributed by atoms with Crippen LogP contribution in [-0.2, 0) is 13.6 Å². The van der Waals surface area contributed by atoms with Crippen LogP contribution in [-0.4, -0.2) is 20.0 Å². The normalized spacial score (nSPS) is 13.1. The fourth-order valence-corrected chi connectivity index (χ4v) is 4.42. The van der Waals surface area contributed by atoms with Gasteiger partial charge in [-0.2, -0.15) is 0 Å². The maximum atomic E-state index is 13.0. The van der Waals surface area contributed by atoms with Crippen molar-refractivity contribution in [1.29, 1.82) is 0 Å². The Balaban J connectivity index is 2.37. The Morgan fingerprint density at radius 3 is 1.80 bits per heavy atom. The molecule has 1 N–H and O–H groups in total. The topological polar surface area (TPSA) is 47.6 Å². The van der Waals surface area contributed by atoms with Gasteiger partial charge in [0.2, 0.25) is 0 Å². The van der Waals surface area contributed by atoms with Gasteiger partial charge in [-0.05, 0) is 17.5 Å². The highest BCUT2D eigenvalue weighted by atomic mass is 31.2. The molecular weight excluding hydrogens is 333 g/mol. The van der Waals surface area contributed by atoms with Crippen molar-refractivity contribution in [3.8, 4) is 0 Å². The van der Waals surface area contributed by atoms with Crippen molar-refractivity contribution in [2.24, 2.45) is 0 Å². The zero-order valence-corrected chi connectivity index (χ0v) is 16.1. The predicted molar refractivity (Wildman–Crippen MR) is 103 cm³/mol. The van der Waals surface area contributed by atoms with E-state index >= 15 is 0 Å². The maximum Gasteiger partial charge on any atom is 0.346 e. The summed E-state index contributed by atoms with van der Waals surface area (Å²) in [5, 5.41) is 3.55. The van der Waals surface area contributed by atoms with E-state index in [2.05, 4.69) is 36.5 Å². The Labute approximate surface area is 151 Å². The minimum atomic E-state index is -3.23. The minimum absolute atomic E-state index is 0.0807. The number of hydrogen-bond donors (Lipinski definition) is 1. The van der Waals surface area contributed by atoms with Crippen LogP contribution in [0.2, 0.25) is 0 Å². The van der Waals surface area contributed by atoms with Crippen molar-refractivity contribution >= 4 is 7.60 Å². The Bertz CT molecular complexity index is 616. The Morgan fingerprint density at radius 2 is 1.40 bits per heavy atom. The molecule has 136 valence electrons. The Kier molecular flexibility index (Phi) is 7.86. The average molecular weight is 361 g/mol.